The van der Waals surface area contributed by atoms with Gasteiger partial charge in [0.15, 0.2) is 0 Å². The van der Waals surface area contributed by atoms with E-state index in [0.29, 0.717) is 24.9 Å². The van der Waals surface area contributed by atoms with Crippen LogP contribution in [0.2, 0.25) is 0 Å². The highest BCUT2D eigenvalue weighted by Crippen LogP contribution is 2.26. The van der Waals surface area contributed by atoms with E-state index in [0.717, 1.165) is 4.90 Å². The van der Waals surface area contributed by atoms with Crippen LogP contribution < -0.4 is 16.0 Å². The number of Topliss-reactive ketones (excluding diaryl/α,β-unsaturated/α-hetero) is 2. The zero-order valence-electron chi connectivity index (χ0n) is 27.1. The van der Waals surface area contributed by atoms with Crippen LogP contribution in [0.1, 0.15) is 56.0 Å². The second kappa shape index (κ2) is 16.3. The number of nitrogens with one attached hydrogen (secondary N) is 3. The van der Waals surface area contributed by atoms with Gasteiger partial charge in [-0.05, 0) is 30.2 Å². The normalized spacial score (nSPS) is 16.8. The molecular weight excluding hydrogens is 629 g/mol. The Kier molecular flexibility index (Phi) is 12.8. The van der Waals surface area contributed by atoms with Crippen molar-refractivity contribution in [3.63, 3.8) is 0 Å². The van der Waals surface area contributed by atoms with Crippen molar-refractivity contribution in [3.8, 4) is 0 Å². The minimum absolute atomic E-state index is 0.0765. The van der Waals surface area contributed by atoms with Crippen LogP contribution in [0, 0.1) is 11.3 Å². The van der Waals surface area contributed by atoms with Crippen molar-refractivity contribution in [3.05, 3.63) is 84.4 Å². The second-order valence-electron chi connectivity index (χ2n) is 12.7. The smallest absolute Gasteiger partial charge is 0.356 e. The van der Waals surface area contributed by atoms with Gasteiger partial charge in [0, 0.05) is 31.0 Å². The van der Waals surface area contributed by atoms with Crippen LogP contribution in [0.15, 0.2) is 73.3 Å². The molecule has 258 valence electrons. The van der Waals surface area contributed by atoms with Crippen molar-refractivity contribution in [1.29, 1.82) is 0 Å². The van der Waals surface area contributed by atoms with E-state index in [2.05, 4.69) is 17.2 Å². The Bertz CT molecular complexity index is 1490. The van der Waals surface area contributed by atoms with Crippen molar-refractivity contribution in [2.75, 3.05) is 13.1 Å². The lowest BCUT2D eigenvalue weighted by Crippen LogP contribution is -2.62. The van der Waals surface area contributed by atoms with Gasteiger partial charge in [0.2, 0.25) is 29.3 Å². The lowest BCUT2D eigenvalue weighted by molar-refractivity contribution is -0.176. The number of hydrogen-bond acceptors (Lipinski definition) is 6. The Morgan fingerprint density at radius 2 is 1.58 bits per heavy atom. The highest BCUT2D eigenvalue weighted by atomic mass is 19.4. The lowest BCUT2D eigenvalue weighted by atomic mass is 9.85. The number of halogens is 3. The number of nitrogens with zero attached hydrogens (tertiary/aromatic N) is 1. The van der Waals surface area contributed by atoms with E-state index in [4.69, 9.17) is 0 Å². The average molecular weight is 671 g/mol. The summed E-state index contributed by atoms with van der Waals surface area (Å²) in [5, 5.41) is 7.11. The Morgan fingerprint density at radius 1 is 0.979 bits per heavy atom. The van der Waals surface area contributed by atoms with E-state index in [1.165, 1.54) is 39.0 Å². The fraction of sp³-hybridized carbons (Fsp3) is 0.429. The van der Waals surface area contributed by atoms with Crippen LogP contribution in [-0.2, 0) is 30.4 Å². The van der Waals surface area contributed by atoms with Gasteiger partial charge >= 0.3 is 12.1 Å². The average Bonchev–Trinajstić information content (AvgIpc) is 3.04. The molecule has 3 N–H and O–H groups in total. The highest BCUT2D eigenvalue weighted by Gasteiger charge is 2.46. The van der Waals surface area contributed by atoms with E-state index in [1.807, 2.05) is 0 Å². The molecule has 1 heterocycles. The van der Waals surface area contributed by atoms with Gasteiger partial charge in [0.05, 0.1) is 6.04 Å². The predicted molar refractivity (Wildman–Crippen MR) is 171 cm³/mol. The molecule has 4 atom stereocenters. The third-order valence-electron chi connectivity index (χ3n) is 8.02. The molecule has 1 aliphatic heterocycles. The molecule has 10 nitrogen and oxygen atoms in total. The maximum atomic E-state index is 14.2. The monoisotopic (exact) mass is 670 g/mol. The number of alkyl halides is 3. The minimum Gasteiger partial charge on any atom is -0.356 e. The summed E-state index contributed by atoms with van der Waals surface area (Å²) < 4.78 is 39.9. The maximum absolute atomic E-state index is 14.2. The molecule has 2 aromatic rings. The lowest BCUT2D eigenvalue weighted by Gasteiger charge is -2.38. The molecule has 3 rings (SSSR count). The number of carbonyl (C=O) groups excluding carboxylic acids is 6. The summed E-state index contributed by atoms with van der Waals surface area (Å²) in [6, 6.07) is 11.5. The Morgan fingerprint density at radius 3 is 2.12 bits per heavy atom. The summed E-state index contributed by atoms with van der Waals surface area (Å²) in [5.74, 6) is -7.10. The fourth-order valence-electron chi connectivity index (χ4n) is 5.45. The summed E-state index contributed by atoms with van der Waals surface area (Å²) in [6.07, 6.45) is -3.32. The van der Waals surface area contributed by atoms with Gasteiger partial charge in [-0.3, -0.25) is 28.8 Å². The molecule has 1 fully saturated rings. The molecule has 48 heavy (non-hydrogen) atoms. The molecule has 0 aromatic heterocycles. The van der Waals surface area contributed by atoms with Crippen molar-refractivity contribution in [1.82, 2.24) is 20.9 Å². The summed E-state index contributed by atoms with van der Waals surface area (Å²) >= 11 is 0. The Labute approximate surface area is 277 Å². The van der Waals surface area contributed by atoms with Crippen molar-refractivity contribution in [2.24, 2.45) is 11.3 Å². The van der Waals surface area contributed by atoms with Gasteiger partial charge in [-0.15, -0.1) is 6.58 Å². The van der Waals surface area contributed by atoms with Gasteiger partial charge in [-0.1, -0.05) is 87.5 Å². The number of rotatable bonds is 14. The van der Waals surface area contributed by atoms with E-state index in [1.54, 1.807) is 53.8 Å². The maximum Gasteiger partial charge on any atom is 0.471 e. The largest absolute Gasteiger partial charge is 0.471 e. The quantitative estimate of drug-likeness (QED) is 0.160. The van der Waals surface area contributed by atoms with Crippen LogP contribution in [-0.4, -0.2) is 77.5 Å². The molecule has 1 aliphatic rings. The standard InChI is InChI=1S/C35H41F3N4O6/c1-5-19-42(32(47)29(34(2,3)4)41-33(48)35(36,37)38)26(20-22-13-8-6-9-14-22)31(46)40-25(21-24-17-12-18-39-30(24)45)28(44)27(43)23-15-10-7-11-16-23/h5-11,13-16,24-26,29H,1,12,17-21H2,2-4H3,(H,39,45)(H,40,46)(H,41,48)/t24?,25?,26-,29+/m0/s1. The van der Waals surface area contributed by atoms with Crippen LogP contribution in [0.4, 0.5) is 13.2 Å². The molecule has 0 radical (unpaired) electrons. The molecule has 4 amide bonds. The number of hydrogen-bond donors (Lipinski definition) is 3. The van der Waals surface area contributed by atoms with Gasteiger partial charge in [0.1, 0.15) is 12.1 Å². The van der Waals surface area contributed by atoms with Gasteiger partial charge in [-0.25, -0.2) is 0 Å². The number of carbonyl (C=O) groups is 6. The molecule has 13 heteroatoms. The van der Waals surface area contributed by atoms with Crippen LogP contribution >= 0.6 is 0 Å². The first-order chi connectivity index (χ1) is 22.5. The van der Waals surface area contributed by atoms with Crippen molar-refractivity contribution >= 4 is 35.2 Å². The van der Waals surface area contributed by atoms with E-state index >= 15 is 0 Å². The first-order valence-electron chi connectivity index (χ1n) is 15.6. The van der Waals surface area contributed by atoms with Crippen LogP contribution in [0.5, 0.6) is 0 Å². The van der Waals surface area contributed by atoms with E-state index < -0.39 is 64.9 Å². The predicted octanol–water partition coefficient (Wildman–Crippen LogP) is 3.56. The molecule has 1 saturated heterocycles. The first-order valence-corrected chi connectivity index (χ1v) is 15.6. The number of benzene rings is 2. The highest BCUT2D eigenvalue weighted by molar-refractivity contribution is 6.45. The van der Waals surface area contributed by atoms with Crippen molar-refractivity contribution in [2.45, 2.75) is 70.8 Å². The van der Waals surface area contributed by atoms with Crippen molar-refractivity contribution < 1.29 is 41.9 Å². The summed E-state index contributed by atoms with van der Waals surface area (Å²) in [5.41, 5.74) is -0.589. The zero-order chi connectivity index (χ0) is 35.6. The molecule has 0 saturated carbocycles. The number of ketones is 2. The second-order valence-corrected chi connectivity index (χ2v) is 12.7. The van der Waals surface area contributed by atoms with Gasteiger partial charge in [0.25, 0.3) is 0 Å². The first kappa shape index (κ1) is 37.6. The fourth-order valence-corrected chi connectivity index (χ4v) is 5.45. The minimum atomic E-state index is -5.28. The summed E-state index contributed by atoms with van der Waals surface area (Å²) in [4.78, 5) is 81.0. The van der Waals surface area contributed by atoms with E-state index in [9.17, 15) is 41.9 Å². The summed E-state index contributed by atoms with van der Waals surface area (Å²) in [6.45, 7) is 8.17. The molecule has 0 bridgehead atoms. The molecular formula is C35H41F3N4O6. The molecule has 0 aliphatic carbocycles. The Hall–Kier alpha value is -4.81. The van der Waals surface area contributed by atoms with E-state index in [-0.39, 0.29) is 30.9 Å². The topological polar surface area (TPSA) is 142 Å². The SMILES string of the molecule is C=CCN(C(=O)[C@@H](NC(=O)C(F)(F)F)C(C)(C)C)[C@@H](Cc1ccccc1)C(=O)NC(CC1CCCNC1=O)C(=O)C(=O)c1ccccc1. The van der Waals surface area contributed by atoms with Crippen LogP contribution in [0.25, 0.3) is 0 Å². The third-order valence-corrected chi connectivity index (χ3v) is 8.02. The third kappa shape index (κ3) is 10.1. The molecule has 2 aromatic carbocycles. The number of piperidine rings is 1. The Balaban J connectivity index is 2.05. The number of amides is 4. The molecule has 0 spiro atoms. The molecule has 2 unspecified atom stereocenters. The van der Waals surface area contributed by atoms with Gasteiger partial charge in [-0.2, -0.15) is 13.2 Å². The van der Waals surface area contributed by atoms with Gasteiger partial charge < -0.3 is 20.9 Å². The zero-order valence-corrected chi connectivity index (χ0v) is 27.1. The van der Waals surface area contributed by atoms with Crippen LogP contribution in [0.3, 0.4) is 0 Å². The summed E-state index contributed by atoms with van der Waals surface area (Å²) in [7, 11) is 0.